The zero-order chi connectivity index (χ0) is 12.8. The van der Waals surface area contributed by atoms with Crippen LogP contribution in [0.15, 0.2) is 47.4 Å². The summed E-state index contributed by atoms with van der Waals surface area (Å²) in [5, 5.41) is 0. The lowest BCUT2D eigenvalue weighted by Crippen LogP contribution is -2.42. The summed E-state index contributed by atoms with van der Waals surface area (Å²) < 4.78 is 12.1. The fraction of sp³-hybridized carbons (Fsp3) is 0.400. The molecule has 2 saturated carbocycles. The fourth-order valence-electron chi connectivity index (χ4n) is 3.19. The molecule has 2 aliphatic carbocycles. The van der Waals surface area contributed by atoms with Crippen molar-refractivity contribution in [3.05, 3.63) is 42.5 Å². The molecule has 2 bridgehead atoms. The summed E-state index contributed by atoms with van der Waals surface area (Å²) in [4.78, 5) is 13.1. The summed E-state index contributed by atoms with van der Waals surface area (Å²) in [5.41, 5.74) is 1.12. The number of carbonyl (C=O) groups is 1. The average molecular weight is 260 g/mol. The van der Waals surface area contributed by atoms with Crippen LogP contribution in [0.25, 0.3) is 0 Å². The van der Waals surface area contributed by atoms with Crippen molar-refractivity contribution in [3.63, 3.8) is 0 Å². The number of allylic oxidation sites excluding steroid dienone is 1. The molecule has 18 heavy (non-hydrogen) atoms. The van der Waals surface area contributed by atoms with Gasteiger partial charge in [0.05, 0.1) is 10.8 Å². The molecule has 1 aromatic rings. The van der Waals surface area contributed by atoms with Crippen LogP contribution in [0.4, 0.5) is 0 Å². The predicted octanol–water partition coefficient (Wildman–Crippen LogP) is 2.86. The Morgan fingerprint density at radius 1 is 1.28 bits per heavy atom. The molecule has 0 aromatic heterocycles. The van der Waals surface area contributed by atoms with Gasteiger partial charge in [0.1, 0.15) is 4.75 Å². The smallest absolute Gasteiger partial charge is 0.152 e. The number of benzene rings is 1. The minimum absolute atomic E-state index is 0.166. The Labute approximate surface area is 110 Å². The molecule has 2 nitrogen and oxygen atoms in total. The standard InChI is InChI=1S/C15H16O2S/c1-11-9-15(10-12(11)7-8-14(15)16)18(17)13-5-3-2-4-6-13/h2-6,12H,1,7-10H2/t12-,15+,18?/m1/s1. The van der Waals surface area contributed by atoms with E-state index in [4.69, 9.17) is 0 Å². The third kappa shape index (κ3) is 1.61. The van der Waals surface area contributed by atoms with E-state index >= 15 is 0 Å². The normalized spacial score (nSPS) is 32.6. The lowest BCUT2D eigenvalue weighted by molar-refractivity contribution is -0.122. The molecule has 0 saturated heterocycles. The van der Waals surface area contributed by atoms with Gasteiger partial charge in [0.15, 0.2) is 5.78 Å². The highest BCUT2D eigenvalue weighted by molar-refractivity contribution is 7.87. The van der Waals surface area contributed by atoms with Gasteiger partial charge in [-0.2, -0.15) is 0 Å². The van der Waals surface area contributed by atoms with Crippen molar-refractivity contribution in [1.29, 1.82) is 0 Å². The number of hydrogen-bond acceptors (Lipinski definition) is 2. The summed E-state index contributed by atoms with van der Waals surface area (Å²) in [6.45, 7) is 4.07. The van der Waals surface area contributed by atoms with Gasteiger partial charge in [0.2, 0.25) is 0 Å². The van der Waals surface area contributed by atoms with Crippen molar-refractivity contribution in [2.45, 2.75) is 35.3 Å². The topological polar surface area (TPSA) is 34.1 Å². The quantitative estimate of drug-likeness (QED) is 0.766. The molecule has 2 aliphatic rings. The summed E-state index contributed by atoms with van der Waals surface area (Å²) in [6, 6.07) is 9.35. The second-order valence-corrected chi connectivity index (χ2v) is 7.06. The first-order valence-electron chi connectivity index (χ1n) is 6.31. The molecule has 1 unspecified atom stereocenters. The third-order valence-corrected chi connectivity index (χ3v) is 6.16. The number of hydrogen-bond donors (Lipinski definition) is 0. The lowest BCUT2D eigenvalue weighted by atomic mass is 9.87. The number of carbonyl (C=O) groups excluding carboxylic acids is 1. The number of fused-ring (bicyclic) bond motifs is 2. The van der Waals surface area contributed by atoms with E-state index in [9.17, 15) is 9.00 Å². The Bertz CT molecular complexity index is 535. The first-order valence-corrected chi connectivity index (χ1v) is 7.46. The highest BCUT2D eigenvalue weighted by Gasteiger charge is 2.54. The minimum atomic E-state index is -1.25. The SMILES string of the molecule is C=C1C[C@]2(S(=O)c3ccccc3)C[C@H]1CCC2=O. The molecule has 0 aliphatic heterocycles. The fourth-order valence-corrected chi connectivity index (χ4v) is 5.03. The zero-order valence-electron chi connectivity index (χ0n) is 10.2. The van der Waals surface area contributed by atoms with E-state index in [1.54, 1.807) is 0 Å². The summed E-state index contributed by atoms with van der Waals surface area (Å²) >= 11 is 0. The van der Waals surface area contributed by atoms with Crippen molar-refractivity contribution in [2.24, 2.45) is 5.92 Å². The second-order valence-electron chi connectivity index (χ2n) is 5.27. The third-order valence-electron chi connectivity index (χ3n) is 4.21. The first-order chi connectivity index (χ1) is 8.63. The molecule has 3 rings (SSSR count). The van der Waals surface area contributed by atoms with Crippen LogP contribution in [0.2, 0.25) is 0 Å². The van der Waals surface area contributed by atoms with Crippen LogP contribution in [0.1, 0.15) is 25.7 Å². The van der Waals surface area contributed by atoms with Crippen molar-refractivity contribution >= 4 is 16.6 Å². The summed E-state index contributed by atoms with van der Waals surface area (Å²) in [6.07, 6.45) is 2.79. The molecule has 0 radical (unpaired) electrons. The van der Waals surface area contributed by atoms with Crippen molar-refractivity contribution in [3.8, 4) is 0 Å². The van der Waals surface area contributed by atoms with Gasteiger partial charge in [-0.15, -0.1) is 0 Å². The van der Waals surface area contributed by atoms with E-state index in [-0.39, 0.29) is 5.78 Å². The maximum atomic E-state index is 12.8. The summed E-state index contributed by atoms with van der Waals surface area (Å²) in [5.74, 6) is 0.565. The van der Waals surface area contributed by atoms with Crippen LogP contribution in [-0.2, 0) is 15.6 Å². The van der Waals surface area contributed by atoms with Gasteiger partial charge in [-0.05, 0) is 37.3 Å². The van der Waals surface area contributed by atoms with Crippen molar-refractivity contribution in [2.75, 3.05) is 0 Å². The molecule has 94 valence electrons. The van der Waals surface area contributed by atoms with Gasteiger partial charge in [0.25, 0.3) is 0 Å². The minimum Gasteiger partial charge on any atom is -0.298 e. The van der Waals surface area contributed by atoms with Gasteiger partial charge >= 0.3 is 0 Å². The van der Waals surface area contributed by atoms with Crippen LogP contribution in [-0.4, -0.2) is 14.7 Å². The van der Waals surface area contributed by atoms with Crippen LogP contribution in [0.5, 0.6) is 0 Å². The van der Waals surface area contributed by atoms with E-state index in [0.717, 1.165) is 23.3 Å². The molecular weight excluding hydrogens is 244 g/mol. The van der Waals surface area contributed by atoms with Crippen molar-refractivity contribution < 1.29 is 9.00 Å². The Morgan fingerprint density at radius 3 is 2.72 bits per heavy atom. The Morgan fingerprint density at radius 2 is 2.00 bits per heavy atom. The molecular formula is C15H16O2S. The number of ketones is 1. The lowest BCUT2D eigenvalue weighted by Gasteiger charge is -2.30. The van der Waals surface area contributed by atoms with Crippen LogP contribution >= 0.6 is 0 Å². The van der Waals surface area contributed by atoms with Gasteiger partial charge < -0.3 is 0 Å². The zero-order valence-corrected chi connectivity index (χ0v) is 11.0. The van der Waals surface area contributed by atoms with E-state index in [2.05, 4.69) is 6.58 Å². The molecule has 3 atom stereocenters. The average Bonchev–Trinajstić information content (AvgIpc) is 2.69. The molecule has 0 spiro atoms. The largest absolute Gasteiger partial charge is 0.298 e. The molecule has 1 aromatic carbocycles. The number of rotatable bonds is 2. The van der Waals surface area contributed by atoms with Crippen LogP contribution in [0.3, 0.4) is 0 Å². The molecule has 0 heterocycles. The Hall–Kier alpha value is -1.22. The Kier molecular flexibility index (Phi) is 2.74. The van der Waals surface area contributed by atoms with E-state index < -0.39 is 15.5 Å². The monoisotopic (exact) mass is 260 g/mol. The number of Topliss-reactive ketones (excluding diaryl/α,β-unsaturated/α-hetero) is 1. The highest BCUT2D eigenvalue weighted by Crippen LogP contribution is 2.50. The van der Waals surface area contributed by atoms with Crippen LogP contribution in [0, 0.1) is 5.92 Å². The van der Waals surface area contributed by atoms with Gasteiger partial charge in [-0.25, -0.2) is 0 Å². The van der Waals surface area contributed by atoms with E-state index in [1.807, 2.05) is 30.3 Å². The van der Waals surface area contributed by atoms with E-state index in [0.29, 0.717) is 18.8 Å². The predicted molar refractivity (Wildman–Crippen MR) is 71.7 cm³/mol. The molecule has 0 amide bonds. The van der Waals surface area contributed by atoms with Gasteiger partial charge in [-0.1, -0.05) is 30.4 Å². The Balaban J connectivity index is 2.02. The van der Waals surface area contributed by atoms with E-state index in [1.165, 1.54) is 0 Å². The highest BCUT2D eigenvalue weighted by atomic mass is 32.2. The van der Waals surface area contributed by atoms with Crippen LogP contribution < -0.4 is 0 Å². The van der Waals surface area contributed by atoms with Gasteiger partial charge in [0, 0.05) is 11.3 Å². The van der Waals surface area contributed by atoms with Gasteiger partial charge in [-0.3, -0.25) is 9.00 Å². The second kappa shape index (κ2) is 4.16. The van der Waals surface area contributed by atoms with Crippen molar-refractivity contribution in [1.82, 2.24) is 0 Å². The first kappa shape index (κ1) is 11.8. The maximum absolute atomic E-state index is 12.8. The maximum Gasteiger partial charge on any atom is 0.152 e. The molecule has 3 heteroatoms. The molecule has 0 N–H and O–H groups in total. The molecule has 2 fully saturated rings. The summed E-state index contributed by atoms with van der Waals surface area (Å²) in [7, 11) is -1.25.